The van der Waals surface area contributed by atoms with Crippen LogP contribution in [0.5, 0.6) is 0 Å². The number of carbonyl (C=O) groups excluding carboxylic acids is 2. The molecule has 0 aliphatic carbocycles. The summed E-state index contributed by atoms with van der Waals surface area (Å²) >= 11 is 6.86. The SMILES string of the molecule is COCCCNc1nc(NCCCOC)c(/N=N/c2c(Br)cc3c(c2Br)C(=O)N(C)C3=O)c(C)c1C#N. The fourth-order valence-corrected chi connectivity index (χ4v) is 5.12. The summed E-state index contributed by atoms with van der Waals surface area (Å²) in [6, 6.07) is 3.76. The fourth-order valence-electron chi connectivity index (χ4n) is 3.67. The first kappa shape index (κ1) is 28.6. The minimum Gasteiger partial charge on any atom is -0.385 e. The summed E-state index contributed by atoms with van der Waals surface area (Å²) in [6.07, 6.45) is 1.48. The van der Waals surface area contributed by atoms with Crippen LogP contribution in [-0.2, 0) is 9.47 Å². The molecule has 0 bridgehead atoms. The topological polar surface area (TPSA) is 141 Å². The molecular formula is C24H27Br2N7O4. The average molecular weight is 637 g/mol. The standard InChI is InChI=1S/C24H27Br2N7O4/c1-13-15(12-27)21(28-7-5-9-36-3)30-22(29-8-6-10-37-4)19(13)31-32-20-16(25)11-14-17(18(20)26)24(35)33(2)23(14)34/h11H,5-10H2,1-4H3,(H2,28,29,30)/b32-31+. The Morgan fingerprint density at radius 1 is 1.03 bits per heavy atom. The van der Waals surface area contributed by atoms with Gasteiger partial charge in [-0.3, -0.25) is 14.5 Å². The van der Waals surface area contributed by atoms with Crippen molar-refractivity contribution in [2.45, 2.75) is 19.8 Å². The average Bonchev–Trinajstić information content (AvgIpc) is 3.09. The number of carbonyl (C=O) groups is 2. The summed E-state index contributed by atoms with van der Waals surface area (Å²) in [6.45, 7) is 4.06. The Hall–Kier alpha value is -2.92. The number of aromatic nitrogens is 1. The monoisotopic (exact) mass is 635 g/mol. The molecule has 0 saturated heterocycles. The highest BCUT2D eigenvalue weighted by atomic mass is 79.9. The molecule has 1 aromatic heterocycles. The summed E-state index contributed by atoms with van der Waals surface area (Å²) in [5.74, 6) is 0.0749. The molecule has 0 spiro atoms. The number of azo groups is 1. The van der Waals surface area contributed by atoms with Crippen molar-refractivity contribution >= 4 is 66.7 Å². The van der Waals surface area contributed by atoms with Crippen molar-refractivity contribution < 1.29 is 19.1 Å². The summed E-state index contributed by atoms with van der Waals surface area (Å²) in [7, 11) is 4.69. The lowest BCUT2D eigenvalue weighted by Crippen LogP contribution is -2.24. The normalized spacial score (nSPS) is 12.8. The molecule has 2 amide bonds. The highest BCUT2D eigenvalue weighted by molar-refractivity contribution is 9.11. The number of benzene rings is 1. The molecule has 2 heterocycles. The lowest BCUT2D eigenvalue weighted by molar-refractivity contribution is 0.0693. The Morgan fingerprint density at radius 3 is 2.22 bits per heavy atom. The van der Waals surface area contributed by atoms with Gasteiger partial charge in [-0.05, 0) is 57.7 Å². The number of ether oxygens (including phenoxy) is 2. The van der Waals surface area contributed by atoms with Crippen LogP contribution in [0.3, 0.4) is 0 Å². The summed E-state index contributed by atoms with van der Waals surface area (Å²) < 4.78 is 11.0. The first-order chi connectivity index (χ1) is 17.8. The first-order valence-corrected chi connectivity index (χ1v) is 13.0. The molecule has 0 saturated carbocycles. The molecule has 0 unspecified atom stereocenters. The number of methoxy groups -OCH3 is 2. The van der Waals surface area contributed by atoms with E-state index in [9.17, 15) is 14.9 Å². The van der Waals surface area contributed by atoms with Crippen molar-refractivity contribution in [3.8, 4) is 6.07 Å². The zero-order chi connectivity index (χ0) is 27.1. The third-order valence-electron chi connectivity index (χ3n) is 5.66. The second kappa shape index (κ2) is 13.0. The zero-order valence-corrected chi connectivity index (χ0v) is 24.1. The third-order valence-corrected chi connectivity index (χ3v) is 7.04. The molecule has 2 aromatic rings. The van der Waals surface area contributed by atoms with Gasteiger partial charge in [0.05, 0.1) is 21.2 Å². The van der Waals surface area contributed by atoms with Crippen LogP contribution in [0.2, 0.25) is 0 Å². The number of fused-ring (bicyclic) bond motifs is 1. The molecule has 3 rings (SSSR count). The predicted octanol–water partition coefficient (Wildman–Crippen LogP) is 5.32. The second-order valence-electron chi connectivity index (χ2n) is 8.13. The summed E-state index contributed by atoms with van der Waals surface area (Å²) in [4.78, 5) is 30.7. The van der Waals surface area contributed by atoms with Crippen molar-refractivity contribution in [2.24, 2.45) is 10.2 Å². The molecule has 0 radical (unpaired) electrons. The molecule has 13 heteroatoms. The van der Waals surface area contributed by atoms with Gasteiger partial charge in [0.2, 0.25) is 0 Å². The molecule has 0 atom stereocenters. The smallest absolute Gasteiger partial charge is 0.262 e. The minimum atomic E-state index is -0.426. The van der Waals surface area contributed by atoms with Crippen molar-refractivity contribution in [1.29, 1.82) is 5.26 Å². The molecule has 37 heavy (non-hydrogen) atoms. The molecule has 2 N–H and O–H groups in total. The van der Waals surface area contributed by atoms with E-state index in [0.29, 0.717) is 69.4 Å². The fraction of sp³-hybridized carbons (Fsp3) is 0.417. The number of imide groups is 1. The highest BCUT2D eigenvalue weighted by Gasteiger charge is 2.36. The Balaban J connectivity index is 2.05. The number of nitriles is 1. The number of nitrogens with one attached hydrogen (secondary N) is 2. The number of nitrogens with zero attached hydrogens (tertiary/aromatic N) is 5. The van der Waals surface area contributed by atoms with Gasteiger partial charge in [0.15, 0.2) is 5.82 Å². The molecular weight excluding hydrogens is 610 g/mol. The van der Waals surface area contributed by atoms with E-state index < -0.39 is 5.91 Å². The highest BCUT2D eigenvalue weighted by Crippen LogP contribution is 2.43. The summed E-state index contributed by atoms with van der Waals surface area (Å²) in [5.41, 5.74) is 2.16. The van der Waals surface area contributed by atoms with Gasteiger partial charge in [0.25, 0.3) is 11.8 Å². The zero-order valence-electron chi connectivity index (χ0n) is 20.9. The number of anilines is 2. The molecule has 11 nitrogen and oxygen atoms in total. The Morgan fingerprint density at radius 2 is 1.62 bits per heavy atom. The summed E-state index contributed by atoms with van der Waals surface area (Å²) in [5, 5.41) is 25.2. The van der Waals surface area contributed by atoms with Crippen molar-refractivity contribution in [3.63, 3.8) is 0 Å². The van der Waals surface area contributed by atoms with E-state index in [-0.39, 0.29) is 17.0 Å². The van der Waals surface area contributed by atoms with E-state index >= 15 is 0 Å². The van der Waals surface area contributed by atoms with E-state index in [2.05, 4.69) is 63.8 Å². The maximum Gasteiger partial charge on any atom is 0.262 e. The van der Waals surface area contributed by atoms with Crippen LogP contribution in [0.4, 0.5) is 23.0 Å². The number of amides is 2. The van der Waals surface area contributed by atoms with Gasteiger partial charge >= 0.3 is 0 Å². The Bertz CT molecular complexity index is 1280. The Kier molecular flexibility index (Phi) is 10.1. The minimum absolute atomic E-state index is 0.228. The number of halogens is 2. The molecule has 1 aliphatic heterocycles. The van der Waals surface area contributed by atoms with Gasteiger partial charge in [-0.15, -0.1) is 10.2 Å². The van der Waals surface area contributed by atoms with Gasteiger partial charge in [0.1, 0.15) is 23.3 Å². The van der Waals surface area contributed by atoms with Crippen molar-refractivity contribution in [1.82, 2.24) is 9.88 Å². The predicted molar refractivity (Wildman–Crippen MR) is 146 cm³/mol. The molecule has 1 aliphatic rings. The lowest BCUT2D eigenvalue weighted by Gasteiger charge is -2.15. The van der Waals surface area contributed by atoms with E-state index in [1.807, 2.05) is 0 Å². The largest absolute Gasteiger partial charge is 0.385 e. The molecule has 0 fully saturated rings. The van der Waals surface area contributed by atoms with Crippen LogP contribution >= 0.6 is 31.9 Å². The van der Waals surface area contributed by atoms with Gasteiger partial charge < -0.3 is 20.1 Å². The van der Waals surface area contributed by atoms with E-state index in [4.69, 9.17) is 9.47 Å². The van der Waals surface area contributed by atoms with E-state index in [1.54, 1.807) is 27.2 Å². The Labute approximate surface area is 231 Å². The van der Waals surface area contributed by atoms with Crippen LogP contribution in [-0.4, -0.2) is 69.3 Å². The maximum absolute atomic E-state index is 12.6. The second-order valence-corrected chi connectivity index (χ2v) is 9.78. The van der Waals surface area contributed by atoms with Gasteiger partial charge in [-0.25, -0.2) is 4.98 Å². The molecule has 1 aromatic carbocycles. The van der Waals surface area contributed by atoms with E-state index in [0.717, 1.165) is 17.7 Å². The van der Waals surface area contributed by atoms with Crippen LogP contribution < -0.4 is 10.6 Å². The van der Waals surface area contributed by atoms with Gasteiger partial charge in [-0.1, -0.05) is 0 Å². The van der Waals surface area contributed by atoms with Gasteiger partial charge in [0, 0.05) is 57.6 Å². The third kappa shape index (κ3) is 6.15. The van der Waals surface area contributed by atoms with Crippen molar-refractivity contribution in [3.05, 3.63) is 37.3 Å². The maximum atomic E-state index is 12.6. The van der Waals surface area contributed by atoms with Gasteiger partial charge in [-0.2, -0.15) is 5.26 Å². The number of hydrogen-bond donors (Lipinski definition) is 2. The number of pyridine rings is 1. The lowest BCUT2D eigenvalue weighted by atomic mass is 10.1. The molecule has 196 valence electrons. The first-order valence-electron chi connectivity index (χ1n) is 11.4. The van der Waals surface area contributed by atoms with Crippen molar-refractivity contribution in [2.75, 3.05) is 58.2 Å². The quantitative estimate of drug-likeness (QED) is 0.181. The number of rotatable bonds is 12. The number of hydrogen-bond acceptors (Lipinski definition) is 10. The van der Waals surface area contributed by atoms with Crippen LogP contribution in [0.1, 0.15) is 44.7 Å². The van der Waals surface area contributed by atoms with E-state index in [1.165, 1.54) is 7.05 Å². The van der Waals surface area contributed by atoms with Crippen LogP contribution in [0.15, 0.2) is 25.2 Å². The van der Waals surface area contributed by atoms with Crippen LogP contribution in [0, 0.1) is 18.3 Å². The van der Waals surface area contributed by atoms with Crippen LogP contribution in [0.25, 0.3) is 0 Å².